The third kappa shape index (κ3) is 3.58. The minimum atomic E-state index is 0. The molecule has 2 heterocycles. The Morgan fingerprint density at radius 2 is 2.10 bits per heavy atom. The lowest BCUT2D eigenvalue weighted by Crippen LogP contribution is -2.09. The summed E-state index contributed by atoms with van der Waals surface area (Å²) >= 11 is 0. The van der Waals surface area contributed by atoms with E-state index in [2.05, 4.69) is 35.8 Å². The van der Waals surface area contributed by atoms with E-state index in [1.165, 1.54) is 31.2 Å². The van der Waals surface area contributed by atoms with E-state index in [0.29, 0.717) is 0 Å². The zero-order valence-electron chi connectivity index (χ0n) is 12.8. The lowest BCUT2D eigenvalue weighted by atomic mass is 10.2. The maximum Gasteiger partial charge on any atom is 0.139 e. The molecule has 0 amide bonds. The number of ether oxygens (including phenoxy) is 1. The average Bonchev–Trinajstić information content (AvgIpc) is 3.11. The molecule has 1 aliphatic heterocycles. The average molecular weight is 309 g/mol. The molecule has 0 bridgehead atoms. The summed E-state index contributed by atoms with van der Waals surface area (Å²) < 4.78 is 8.24. The van der Waals surface area contributed by atoms with Crippen LogP contribution in [0.2, 0.25) is 0 Å². The summed E-state index contributed by atoms with van der Waals surface area (Å²) in [5.74, 6) is 1.14. The van der Waals surface area contributed by atoms with Crippen molar-refractivity contribution in [3.05, 3.63) is 30.1 Å². The summed E-state index contributed by atoms with van der Waals surface area (Å²) in [6, 6.07) is 8.46. The van der Waals surface area contributed by atoms with Crippen molar-refractivity contribution in [2.75, 3.05) is 6.61 Å². The number of para-hydroxylation sites is 2. The molecule has 2 aromatic rings. The minimum Gasteiger partial charge on any atom is -0.370 e. The van der Waals surface area contributed by atoms with Crippen molar-refractivity contribution in [1.29, 1.82) is 0 Å². The molecule has 1 aromatic heterocycles. The summed E-state index contributed by atoms with van der Waals surface area (Å²) in [4.78, 5) is 4.83. The standard InChI is InChI=1S/C17H24N2O.ClH/c1-2-3-4-7-12-19-15-10-6-5-9-14(15)18-17(19)16-11-8-13-20-16;/h5-6,9-10,16H,2-4,7-8,11-13H2,1H3;1H. The maximum atomic E-state index is 5.85. The molecule has 0 radical (unpaired) electrons. The first-order valence-electron chi connectivity index (χ1n) is 7.97. The van der Waals surface area contributed by atoms with Gasteiger partial charge in [-0.15, -0.1) is 12.4 Å². The molecular formula is C17H25ClN2O. The smallest absolute Gasteiger partial charge is 0.139 e. The number of fused-ring (bicyclic) bond motifs is 1. The molecule has 0 saturated carbocycles. The highest BCUT2D eigenvalue weighted by atomic mass is 35.5. The Kier molecular flexibility index (Phi) is 6.07. The van der Waals surface area contributed by atoms with Crippen LogP contribution in [0.15, 0.2) is 24.3 Å². The molecule has 3 nitrogen and oxygen atoms in total. The van der Waals surface area contributed by atoms with Gasteiger partial charge in [0.05, 0.1) is 11.0 Å². The molecule has 21 heavy (non-hydrogen) atoms. The van der Waals surface area contributed by atoms with Crippen molar-refractivity contribution in [2.45, 2.75) is 58.1 Å². The predicted octanol–water partition coefficient (Wildman–Crippen LogP) is 4.89. The largest absolute Gasteiger partial charge is 0.370 e. The van der Waals surface area contributed by atoms with Gasteiger partial charge < -0.3 is 9.30 Å². The number of nitrogens with zero attached hydrogens (tertiary/aromatic N) is 2. The molecule has 1 unspecified atom stereocenters. The Morgan fingerprint density at radius 1 is 1.24 bits per heavy atom. The highest BCUT2D eigenvalue weighted by Crippen LogP contribution is 2.30. The molecule has 0 spiro atoms. The molecule has 1 aromatic carbocycles. The van der Waals surface area contributed by atoms with Crippen molar-refractivity contribution in [3.63, 3.8) is 0 Å². The number of imidazole rings is 1. The number of aryl methyl sites for hydroxylation is 1. The molecule has 1 atom stereocenters. The van der Waals surface area contributed by atoms with Gasteiger partial charge in [0.25, 0.3) is 0 Å². The summed E-state index contributed by atoms with van der Waals surface area (Å²) in [7, 11) is 0. The summed E-state index contributed by atoms with van der Waals surface area (Å²) in [6.45, 7) is 4.20. The zero-order chi connectivity index (χ0) is 13.8. The minimum absolute atomic E-state index is 0. The van der Waals surface area contributed by atoms with E-state index in [1.807, 2.05) is 0 Å². The van der Waals surface area contributed by atoms with Crippen molar-refractivity contribution >= 4 is 23.4 Å². The Hall–Kier alpha value is -1.06. The number of rotatable bonds is 6. The highest BCUT2D eigenvalue weighted by molar-refractivity contribution is 5.85. The highest BCUT2D eigenvalue weighted by Gasteiger charge is 2.24. The molecule has 3 rings (SSSR count). The molecule has 1 fully saturated rings. The van der Waals surface area contributed by atoms with E-state index in [1.54, 1.807) is 0 Å². The van der Waals surface area contributed by atoms with Gasteiger partial charge in [0.15, 0.2) is 0 Å². The molecular weight excluding hydrogens is 284 g/mol. The van der Waals surface area contributed by atoms with Crippen molar-refractivity contribution in [1.82, 2.24) is 9.55 Å². The normalized spacial score (nSPS) is 18.0. The van der Waals surface area contributed by atoms with Crippen LogP contribution in [0.25, 0.3) is 11.0 Å². The molecule has 4 heteroatoms. The van der Waals surface area contributed by atoms with E-state index in [0.717, 1.165) is 37.3 Å². The van der Waals surface area contributed by atoms with Crippen LogP contribution in [-0.2, 0) is 11.3 Å². The lowest BCUT2D eigenvalue weighted by molar-refractivity contribution is 0.102. The fraction of sp³-hybridized carbons (Fsp3) is 0.588. The van der Waals surface area contributed by atoms with Crippen LogP contribution in [0.5, 0.6) is 0 Å². The van der Waals surface area contributed by atoms with E-state index < -0.39 is 0 Å². The van der Waals surface area contributed by atoms with Gasteiger partial charge in [0.2, 0.25) is 0 Å². The molecule has 1 saturated heterocycles. The SMILES string of the molecule is CCCCCCn1c(C2CCCO2)nc2ccccc21.Cl. The Bertz CT molecular complexity index is 561. The monoisotopic (exact) mass is 308 g/mol. The number of hydrogen-bond acceptors (Lipinski definition) is 2. The number of hydrogen-bond donors (Lipinski definition) is 0. The van der Waals surface area contributed by atoms with Crippen LogP contribution in [-0.4, -0.2) is 16.2 Å². The van der Waals surface area contributed by atoms with Crippen LogP contribution >= 0.6 is 12.4 Å². The predicted molar refractivity (Wildman–Crippen MR) is 89.1 cm³/mol. The number of halogens is 1. The Morgan fingerprint density at radius 3 is 2.86 bits per heavy atom. The first-order valence-corrected chi connectivity index (χ1v) is 7.97. The van der Waals surface area contributed by atoms with E-state index in [9.17, 15) is 0 Å². The maximum absolute atomic E-state index is 5.85. The van der Waals surface area contributed by atoms with E-state index >= 15 is 0 Å². The first kappa shape index (κ1) is 16.3. The fourth-order valence-corrected chi connectivity index (χ4v) is 3.05. The van der Waals surface area contributed by atoms with Gasteiger partial charge in [-0.2, -0.15) is 0 Å². The third-order valence-corrected chi connectivity index (χ3v) is 4.14. The van der Waals surface area contributed by atoms with Crippen LogP contribution in [0.1, 0.15) is 57.4 Å². The first-order chi connectivity index (χ1) is 9.90. The van der Waals surface area contributed by atoms with Crippen molar-refractivity contribution < 1.29 is 4.74 Å². The summed E-state index contributed by atoms with van der Waals surface area (Å²) in [6.07, 6.45) is 7.60. The van der Waals surface area contributed by atoms with Gasteiger partial charge in [0.1, 0.15) is 11.9 Å². The molecule has 0 N–H and O–H groups in total. The summed E-state index contributed by atoms with van der Waals surface area (Å²) in [5.41, 5.74) is 2.36. The molecule has 1 aliphatic rings. The van der Waals surface area contributed by atoms with Crippen molar-refractivity contribution in [3.8, 4) is 0 Å². The molecule has 116 valence electrons. The topological polar surface area (TPSA) is 27.1 Å². The fourth-order valence-electron chi connectivity index (χ4n) is 3.05. The second kappa shape index (κ2) is 7.81. The van der Waals surface area contributed by atoms with Crippen LogP contribution in [0.4, 0.5) is 0 Å². The number of benzene rings is 1. The zero-order valence-corrected chi connectivity index (χ0v) is 13.6. The Labute approximate surface area is 133 Å². The molecule has 0 aliphatic carbocycles. The van der Waals surface area contributed by atoms with Crippen LogP contribution in [0, 0.1) is 0 Å². The van der Waals surface area contributed by atoms with Gasteiger partial charge in [-0.05, 0) is 31.4 Å². The van der Waals surface area contributed by atoms with Gasteiger partial charge in [-0.3, -0.25) is 0 Å². The quantitative estimate of drug-likeness (QED) is 0.710. The van der Waals surface area contributed by atoms with Gasteiger partial charge in [-0.1, -0.05) is 38.3 Å². The Balaban J connectivity index is 0.00000161. The van der Waals surface area contributed by atoms with E-state index in [4.69, 9.17) is 9.72 Å². The van der Waals surface area contributed by atoms with Gasteiger partial charge in [-0.25, -0.2) is 4.98 Å². The number of unbranched alkanes of at least 4 members (excludes halogenated alkanes) is 3. The van der Waals surface area contributed by atoms with Gasteiger partial charge >= 0.3 is 0 Å². The van der Waals surface area contributed by atoms with E-state index in [-0.39, 0.29) is 18.5 Å². The second-order valence-electron chi connectivity index (χ2n) is 5.67. The number of aromatic nitrogens is 2. The van der Waals surface area contributed by atoms with Crippen molar-refractivity contribution in [2.24, 2.45) is 0 Å². The third-order valence-electron chi connectivity index (χ3n) is 4.14. The van der Waals surface area contributed by atoms with Gasteiger partial charge in [0, 0.05) is 13.2 Å². The summed E-state index contributed by atoms with van der Waals surface area (Å²) in [5, 5.41) is 0. The van der Waals surface area contributed by atoms with Crippen LogP contribution in [0.3, 0.4) is 0 Å². The lowest BCUT2D eigenvalue weighted by Gasteiger charge is -2.13. The second-order valence-corrected chi connectivity index (χ2v) is 5.67. The van der Waals surface area contributed by atoms with Crippen LogP contribution < -0.4 is 0 Å².